The van der Waals surface area contributed by atoms with E-state index in [0.29, 0.717) is 22.7 Å². The number of halogens is 2. The summed E-state index contributed by atoms with van der Waals surface area (Å²) in [5.41, 5.74) is 2.80. The van der Waals surface area contributed by atoms with E-state index in [0.717, 1.165) is 43.6 Å². The van der Waals surface area contributed by atoms with E-state index < -0.39 is 5.92 Å². The first kappa shape index (κ1) is 27.3. The van der Waals surface area contributed by atoms with Crippen LogP contribution in [0.2, 0.25) is 5.02 Å². The largest absolute Gasteiger partial charge is 0.508 e. The van der Waals surface area contributed by atoms with Crippen molar-refractivity contribution in [3.63, 3.8) is 0 Å². The van der Waals surface area contributed by atoms with E-state index in [4.69, 9.17) is 11.6 Å². The van der Waals surface area contributed by atoms with Gasteiger partial charge in [-0.15, -0.1) is 0 Å². The minimum Gasteiger partial charge on any atom is -0.508 e. The smallest absolute Gasteiger partial charge is 0.167 e. The molecule has 0 saturated carbocycles. The summed E-state index contributed by atoms with van der Waals surface area (Å²) in [5.74, 6) is -1.10. The lowest BCUT2D eigenvalue weighted by atomic mass is 9.67. The third-order valence-corrected chi connectivity index (χ3v) is 7.81. The Hall–Kier alpha value is -2.73. The van der Waals surface area contributed by atoms with Gasteiger partial charge in [0.15, 0.2) is 5.78 Å². The summed E-state index contributed by atoms with van der Waals surface area (Å²) in [4.78, 5) is 18.6. The molecule has 4 nitrogen and oxygen atoms in total. The molecule has 1 heterocycles. The summed E-state index contributed by atoms with van der Waals surface area (Å²) in [6, 6.07) is 20.3. The highest BCUT2D eigenvalue weighted by Gasteiger charge is 2.43. The molecule has 1 fully saturated rings. The Bertz CT molecular complexity index is 1230. The molecule has 0 spiro atoms. The van der Waals surface area contributed by atoms with Crippen molar-refractivity contribution >= 4 is 17.4 Å². The molecule has 1 aliphatic heterocycles. The Morgan fingerprint density at radius 1 is 1.14 bits per heavy atom. The molecule has 0 bridgehead atoms. The molecule has 1 saturated heterocycles. The van der Waals surface area contributed by atoms with Gasteiger partial charge in [0.25, 0.3) is 0 Å². The zero-order chi connectivity index (χ0) is 26.5. The molecular weight excluding hydrogens is 487 g/mol. The number of carbonyl (C=O) groups excluding carboxylic acids is 1. The maximum Gasteiger partial charge on any atom is 0.167 e. The summed E-state index contributed by atoms with van der Waals surface area (Å²) >= 11 is 6.71. The number of phenols is 1. The highest BCUT2D eigenvalue weighted by molar-refractivity contribution is 6.31. The Labute approximate surface area is 224 Å². The second-order valence-electron chi connectivity index (χ2n) is 10.3. The Morgan fingerprint density at radius 3 is 2.65 bits per heavy atom. The lowest BCUT2D eigenvalue weighted by Gasteiger charge is -2.44. The van der Waals surface area contributed by atoms with Crippen molar-refractivity contribution in [3.05, 3.63) is 99.8 Å². The highest BCUT2D eigenvalue weighted by atomic mass is 35.5. The van der Waals surface area contributed by atoms with E-state index in [9.17, 15) is 14.3 Å². The average Bonchev–Trinajstić information content (AvgIpc) is 2.88. The predicted molar refractivity (Wildman–Crippen MR) is 147 cm³/mol. The fraction of sp³-hybridized carbons (Fsp3) is 0.387. The van der Waals surface area contributed by atoms with Crippen LogP contribution in [-0.2, 0) is 0 Å². The molecule has 3 atom stereocenters. The fourth-order valence-corrected chi connectivity index (χ4v) is 5.90. The summed E-state index contributed by atoms with van der Waals surface area (Å²) in [5, 5.41) is 10.7. The second kappa shape index (κ2) is 12.2. The van der Waals surface area contributed by atoms with Gasteiger partial charge in [-0.1, -0.05) is 48.0 Å². The van der Waals surface area contributed by atoms with E-state index in [1.54, 1.807) is 37.3 Å². The van der Waals surface area contributed by atoms with Crippen LogP contribution in [0, 0.1) is 24.7 Å². The molecule has 37 heavy (non-hydrogen) atoms. The standard InChI is InChI=1S/C31H35ClFN2O2/c1-21-24(13-9-15-29(21)33)30-26(25-12-4-5-14-28(25)32)19-35(17-7-6-16-34(2)3)20-27(30)31(37)22-10-8-11-23(36)18-22/h4,8-15,18,26-27,30,36H,6-7,16-17,19-20H2,1-3H3. The first-order valence-electron chi connectivity index (χ1n) is 12.9. The number of piperidine rings is 1. The third kappa shape index (κ3) is 6.40. The van der Waals surface area contributed by atoms with Crippen LogP contribution in [0.5, 0.6) is 5.75 Å². The van der Waals surface area contributed by atoms with E-state index >= 15 is 0 Å². The van der Waals surface area contributed by atoms with Crippen molar-refractivity contribution in [3.8, 4) is 5.75 Å². The first-order valence-corrected chi connectivity index (χ1v) is 13.2. The summed E-state index contributed by atoms with van der Waals surface area (Å²) in [7, 11) is 4.14. The number of unbranched alkanes of at least 4 members (excludes halogenated alkanes) is 1. The molecule has 195 valence electrons. The van der Waals surface area contributed by atoms with Crippen LogP contribution in [0.25, 0.3) is 0 Å². The van der Waals surface area contributed by atoms with Gasteiger partial charge in [-0.3, -0.25) is 4.79 Å². The van der Waals surface area contributed by atoms with Gasteiger partial charge in [0.1, 0.15) is 11.6 Å². The molecule has 3 unspecified atom stereocenters. The second-order valence-corrected chi connectivity index (χ2v) is 10.7. The Kier molecular flexibility index (Phi) is 9.01. The van der Waals surface area contributed by atoms with Gasteiger partial charge < -0.3 is 14.9 Å². The predicted octanol–water partition coefficient (Wildman–Crippen LogP) is 6.32. The molecular formula is C31H35ClFN2O2. The average molecular weight is 522 g/mol. The third-order valence-electron chi connectivity index (χ3n) is 7.49. The van der Waals surface area contributed by atoms with Gasteiger partial charge in [0, 0.05) is 41.4 Å². The van der Waals surface area contributed by atoms with Gasteiger partial charge in [-0.05, 0) is 94.0 Å². The minimum atomic E-state index is -0.435. The normalized spacial score (nSPS) is 20.3. The summed E-state index contributed by atoms with van der Waals surface area (Å²) < 4.78 is 14.8. The summed E-state index contributed by atoms with van der Waals surface area (Å²) in [6.45, 7) is 4.93. The van der Waals surface area contributed by atoms with E-state index in [2.05, 4.69) is 30.0 Å². The quantitative estimate of drug-likeness (QED) is 0.264. The molecule has 1 N–H and O–H groups in total. The lowest BCUT2D eigenvalue weighted by molar-refractivity contribution is 0.0735. The van der Waals surface area contributed by atoms with Gasteiger partial charge in [0.05, 0.1) is 0 Å². The monoisotopic (exact) mass is 521 g/mol. The van der Waals surface area contributed by atoms with Gasteiger partial charge in [-0.2, -0.15) is 0 Å². The zero-order valence-corrected chi connectivity index (χ0v) is 22.5. The maximum absolute atomic E-state index is 14.8. The Morgan fingerprint density at radius 2 is 1.92 bits per heavy atom. The molecule has 0 aliphatic carbocycles. The number of likely N-dealkylation sites (tertiary alicyclic amines) is 1. The van der Waals surface area contributed by atoms with E-state index in [1.165, 1.54) is 12.1 Å². The van der Waals surface area contributed by atoms with Crippen LogP contribution in [0.1, 0.15) is 51.7 Å². The lowest BCUT2D eigenvalue weighted by Crippen LogP contribution is -2.47. The molecule has 4 rings (SSSR count). The number of aromatic hydroxyl groups is 1. The minimum absolute atomic E-state index is 0.0498. The van der Waals surface area contributed by atoms with Crippen LogP contribution in [-0.4, -0.2) is 61.0 Å². The number of hydrogen-bond donors (Lipinski definition) is 1. The molecule has 0 aromatic heterocycles. The number of nitrogens with zero attached hydrogens (tertiary/aromatic N) is 2. The van der Waals surface area contributed by atoms with Crippen LogP contribution in [0.4, 0.5) is 4.39 Å². The number of carbonyl (C=O) groups is 1. The van der Waals surface area contributed by atoms with E-state index in [-0.39, 0.29) is 29.2 Å². The molecule has 1 radical (unpaired) electrons. The molecule has 1 aliphatic rings. The molecule has 0 amide bonds. The van der Waals surface area contributed by atoms with Crippen molar-refractivity contribution < 1.29 is 14.3 Å². The number of benzene rings is 3. The zero-order valence-electron chi connectivity index (χ0n) is 21.8. The topological polar surface area (TPSA) is 43.8 Å². The van der Waals surface area contributed by atoms with Crippen molar-refractivity contribution in [2.75, 3.05) is 40.3 Å². The number of rotatable bonds is 9. The maximum atomic E-state index is 14.8. The van der Waals surface area contributed by atoms with E-state index in [1.807, 2.05) is 18.2 Å². The number of phenolic OH excluding ortho intramolecular Hbond substituents is 1. The molecule has 6 heteroatoms. The van der Waals surface area contributed by atoms with Crippen molar-refractivity contribution in [1.82, 2.24) is 9.80 Å². The van der Waals surface area contributed by atoms with Gasteiger partial charge in [0.2, 0.25) is 0 Å². The van der Waals surface area contributed by atoms with Crippen molar-refractivity contribution in [2.24, 2.45) is 5.92 Å². The SMILES string of the molecule is Cc1c(F)cccc1C1C(C(=O)c2cccc(O)c2)CN(CCCCN(C)C)CC1c1cc[c]cc1Cl. The Balaban J connectivity index is 1.79. The van der Waals surface area contributed by atoms with Crippen molar-refractivity contribution in [1.29, 1.82) is 0 Å². The highest BCUT2D eigenvalue weighted by Crippen LogP contribution is 2.47. The number of hydrogen-bond acceptors (Lipinski definition) is 4. The van der Waals surface area contributed by atoms with Crippen LogP contribution in [0.3, 0.4) is 0 Å². The van der Waals surface area contributed by atoms with Crippen LogP contribution < -0.4 is 0 Å². The van der Waals surface area contributed by atoms with Crippen LogP contribution in [0.15, 0.2) is 60.7 Å². The van der Waals surface area contributed by atoms with Gasteiger partial charge >= 0.3 is 0 Å². The summed E-state index contributed by atoms with van der Waals surface area (Å²) in [6.07, 6.45) is 2.07. The van der Waals surface area contributed by atoms with Crippen molar-refractivity contribution in [2.45, 2.75) is 31.6 Å². The van der Waals surface area contributed by atoms with Crippen LogP contribution >= 0.6 is 11.6 Å². The number of ketones is 1. The first-order chi connectivity index (χ1) is 17.8. The van der Waals surface area contributed by atoms with Gasteiger partial charge in [-0.25, -0.2) is 4.39 Å². The molecule has 3 aromatic rings. The molecule has 3 aromatic carbocycles. The fourth-order valence-electron chi connectivity index (χ4n) is 5.64. The number of Topliss-reactive ketones (excluding diaryl/α,β-unsaturated/α-hetero) is 1.